The van der Waals surface area contributed by atoms with Crippen molar-refractivity contribution < 1.29 is 18.7 Å². The van der Waals surface area contributed by atoms with Gasteiger partial charge in [-0.3, -0.25) is 9.59 Å². The Morgan fingerprint density at radius 1 is 1.19 bits per heavy atom. The fraction of sp³-hybridized carbons (Fsp3) is 0.200. The highest BCUT2D eigenvalue weighted by molar-refractivity contribution is 6.05. The summed E-state index contributed by atoms with van der Waals surface area (Å²) < 4.78 is 19.0. The van der Waals surface area contributed by atoms with Crippen LogP contribution >= 0.6 is 0 Å². The Bertz CT molecular complexity index is 864. The lowest BCUT2D eigenvalue weighted by molar-refractivity contribution is -0.136. The summed E-state index contributed by atoms with van der Waals surface area (Å²) in [6.45, 7) is 0.111. The first-order valence-corrected chi connectivity index (χ1v) is 8.17. The lowest BCUT2D eigenvalue weighted by Gasteiger charge is -2.34. The molecule has 1 aliphatic heterocycles. The van der Waals surface area contributed by atoms with Gasteiger partial charge in [-0.25, -0.2) is 4.39 Å². The van der Waals surface area contributed by atoms with E-state index < -0.39 is 6.10 Å². The quantitative estimate of drug-likeness (QED) is 0.797. The van der Waals surface area contributed by atoms with Crippen LogP contribution < -0.4 is 9.64 Å². The number of hydrogen-bond donors (Lipinski definition) is 0. The summed E-state index contributed by atoms with van der Waals surface area (Å²) in [5.41, 5.74) is 1.19. The van der Waals surface area contributed by atoms with Gasteiger partial charge in [-0.15, -0.1) is 0 Å². The molecule has 6 heteroatoms. The van der Waals surface area contributed by atoms with Gasteiger partial charge in [0, 0.05) is 20.2 Å². The number of rotatable bonds is 3. The molecule has 26 heavy (non-hydrogen) atoms. The van der Waals surface area contributed by atoms with E-state index in [0.717, 1.165) is 0 Å². The molecule has 0 N–H and O–H groups in total. The summed E-state index contributed by atoms with van der Waals surface area (Å²) in [5, 5.41) is 0. The fourth-order valence-corrected chi connectivity index (χ4v) is 2.73. The number of carbonyl (C=O) groups is 2. The molecular weight excluding hydrogens is 335 g/mol. The van der Waals surface area contributed by atoms with Gasteiger partial charge in [-0.2, -0.15) is 0 Å². The van der Waals surface area contributed by atoms with Crippen LogP contribution in [0, 0.1) is 5.82 Å². The molecule has 0 radical (unpaired) electrons. The number of para-hydroxylation sites is 2. The zero-order chi connectivity index (χ0) is 18.7. The summed E-state index contributed by atoms with van der Waals surface area (Å²) in [7, 11) is 3.28. The van der Waals surface area contributed by atoms with Crippen LogP contribution in [0.5, 0.6) is 5.75 Å². The highest BCUT2D eigenvalue weighted by atomic mass is 19.1. The van der Waals surface area contributed by atoms with Crippen LogP contribution in [0.25, 0.3) is 6.08 Å². The van der Waals surface area contributed by atoms with Gasteiger partial charge < -0.3 is 14.5 Å². The van der Waals surface area contributed by atoms with Crippen LogP contribution in [0.2, 0.25) is 0 Å². The van der Waals surface area contributed by atoms with Crippen LogP contribution in [0.4, 0.5) is 10.1 Å². The molecule has 3 rings (SSSR count). The number of nitrogens with zero attached hydrogens (tertiary/aromatic N) is 2. The van der Waals surface area contributed by atoms with Crippen molar-refractivity contribution in [2.75, 3.05) is 25.5 Å². The molecule has 0 bridgehead atoms. The molecule has 5 nitrogen and oxygen atoms in total. The van der Waals surface area contributed by atoms with Crippen LogP contribution in [0.1, 0.15) is 5.56 Å². The molecule has 1 unspecified atom stereocenters. The third-order valence-corrected chi connectivity index (χ3v) is 4.02. The first-order chi connectivity index (χ1) is 12.5. The highest BCUT2D eigenvalue weighted by Gasteiger charge is 2.33. The maximum absolute atomic E-state index is 13.3. The van der Waals surface area contributed by atoms with E-state index in [4.69, 9.17) is 4.74 Å². The number of ether oxygens (including phenoxy) is 1. The van der Waals surface area contributed by atoms with Gasteiger partial charge in [-0.1, -0.05) is 24.3 Å². The van der Waals surface area contributed by atoms with E-state index in [9.17, 15) is 14.0 Å². The number of anilines is 1. The van der Waals surface area contributed by atoms with Crippen molar-refractivity contribution in [1.82, 2.24) is 4.90 Å². The minimum Gasteiger partial charge on any atom is -0.476 e. The van der Waals surface area contributed by atoms with Crippen molar-refractivity contribution >= 4 is 23.6 Å². The largest absolute Gasteiger partial charge is 0.476 e. The van der Waals surface area contributed by atoms with Gasteiger partial charge in [-0.05, 0) is 35.9 Å². The van der Waals surface area contributed by atoms with E-state index in [0.29, 0.717) is 17.0 Å². The Morgan fingerprint density at radius 3 is 2.69 bits per heavy atom. The zero-order valence-electron chi connectivity index (χ0n) is 14.6. The molecule has 0 saturated carbocycles. The van der Waals surface area contributed by atoms with Crippen molar-refractivity contribution in [1.29, 1.82) is 0 Å². The number of hydrogen-bond acceptors (Lipinski definition) is 3. The third-order valence-electron chi connectivity index (χ3n) is 4.02. The van der Waals surface area contributed by atoms with Crippen molar-refractivity contribution in [2.45, 2.75) is 6.10 Å². The summed E-state index contributed by atoms with van der Waals surface area (Å²) in [6, 6.07) is 13.0. The van der Waals surface area contributed by atoms with E-state index in [1.807, 2.05) is 0 Å². The average Bonchev–Trinajstić information content (AvgIpc) is 2.64. The monoisotopic (exact) mass is 354 g/mol. The molecule has 0 aromatic heterocycles. The summed E-state index contributed by atoms with van der Waals surface area (Å²) in [5.74, 6) is -0.410. The normalized spacial score (nSPS) is 16.1. The Balaban J connectivity index is 1.87. The molecule has 1 atom stereocenters. The number of carbonyl (C=O) groups excluding carboxylic acids is 2. The number of halogens is 1. The third kappa shape index (κ3) is 3.74. The van der Waals surface area contributed by atoms with Crippen LogP contribution in [-0.4, -0.2) is 43.5 Å². The molecule has 0 spiro atoms. The Kier molecular flexibility index (Phi) is 5.02. The van der Waals surface area contributed by atoms with Crippen LogP contribution in [0.3, 0.4) is 0 Å². The molecular formula is C20H19FN2O3. The summed E-state index contributed by atoms with van der Waals surface area (Å²) in [4.78, 5) is 28.0. The van der Waals surface area contributed by atoms with Crippen molar-refractivity contribution in [3.63, 3.8) is 0 Å². The summed E-state index contributed by atoms with van der Waals surface area (Å²) in [6.07, 6.45) is 2.15. The van der Waals surface area contributed by atoms with Gasteiger partial charge in [0.25, 0.3) is 11.8 Å². The van der Waals surface area contributed by atoms with Crippen LogP contribution in [0.15, 0.2) is 54.6 Å². The lowest BCUT2D eigenvalue weighted by Crippen LogP contribution is -2.50. The summed E-state index contributed by atoms with van der Waals surface area (Å²) >= 11 is 0. The molecule has 2 amide bonds. The highest BCUT2D eigenvalue weighted by Crippen LogP contribution is 2.33. The number of fused-ring (bicyclic) bond motifs is 1. The lowest BCUT2D eigenvalue weighted by atomic mass is 10.1. The molecule has 1 heterocycles. The Labute approximate surface area is 151 Å². The van der Waals surface area contributed by atoms with Gasteiger partial charge in [0.05, 0.1) is 12.2 Å². The molecule has 134 valence electrons. The second-order valence-corrected chi connectivity index (χ2v) is 6.14. The first kappa shape index (κ1) is 17.7. The standard InChI is InChI=1S/C20H19FN2O3/c1-22(2)20(25)18-13-23(16-8-3-4-9-17(16)26-18)19(24)11-10-14-6-5-7-15(21)12-14/h3-12,18H,13H2,1-2H3. The van der Waals surface area contributed by atoms with E-state index in [1.165, 1.54) is 28.0 Å². The van der Waals surface area contributed by atoms with E-state index >= 15 is 0 Å². The van der Waals surface area contributed by atoms with Gasteiger partial charge in [0.2, 0.25) is 0 Å². The Morgan fingerprint density at radius 2 is 1.96 bits per heavy atom. The average molecular weight is 354 g/mol. The number of likely N-dealkylation sites (N-methyl/N-ethyl adjacent to an activating group) is 1. The fourth-order valence-electron chi connectivity index (χ4n) is 2.73. The van der Waals surface area contributed by atoms with Crippen molar-refractivity contribution in [3.8, 4) is 5.75 Å². The second-order valence-electron chi connectivity index (χ2n) is 6.14. The molecule has 0 fully saturated rings. The maximum Gasteiger partial charge on any atom is 0.265 e. The van der Waals surface area contributed by atoms with Gasteiger partial charge in [0.1, 0.15) is 11.6 Å². The van der Waals surface area contributed by atoms with E-state index in [2.05, 4.69) is 0 Å². The molecule has 1 aliphatic rings. The minimum atomic E-state index is -0.772. The predicted octanol–water partition coefficient (Wildman–Crippen LogP) is 2.72. The van der Waals surface area contributed by atoms with Gasteiger partial charge in [0.15, 0.2) is 6.10 Å². The van der Waals surface area contributed by atoms with E-state index in [-0.39, 0.29) is 24.2 Å². The van der Waals surface area contributed by atoms with Crippen LogP contribution in [-0.2, 0) is 9.59 Å². The first-order valence-electron chi connectivity index (χ1n) is 8.17. The zero-order valence-corrected chi connectivity index (χ0v) is 14.6. The number of amides is 2. The molecule has 2 aromatic rings. The second kappa shape index (κ2) is 7.39. The van der Waals surface area contributed by atoms with Gasteiger partial charge >= 0.3 is 0 Å². The molecule has 0 aliphatic carbocycles. The SMILES string of the molecule is CN(C)C(=O)C1CN(C(=O)C=Cc2cccc(F)c2)c2ccccc2O1. The predicted molar refractivity (Wildman–Crippen MR) is 97.3 cm³/mol. The van der Waals surface area contributed by atoms with E-state index in [1.54, 1.807) is 56.6 Å². The molecule has 0 saturated heterocycles. The molecule has 2 aromatic carbocycles. The van der Waals surface area contributed by atoms with Crippen molar-refractivity contribution in [3.05, 3.63) is 66.0 Å². The van der Waals surface area contributed by atoms with Crippen molar-refractivity contribution in [2.24, 2.45) is 0 Å². The maximum atomic E-state index is 13.3. The number of benzene rings is 2. The topological polar surface area (TPSA) is 49.9 Å². The smallest absolute Gasteiger partial charge is 0.265 e. The minimum absolute atomic E-state index is 0.111. The Hall–Kier alpha value is -3.15.